The van der Waals surface area contributed by atoms with Crippen molar-refractivity contribution in [2.75, 3.05) is 30.8 Å². The maximum atomic E-state index is 12.8. The summed E-state index contributed by atoms with van der Waals surface area (Å²) < 4.78 is 10.1. The standard InChI is InChI=1S/C25H25N3O5/c1-32-22-10-8-21(9-11-22)26-23(29)17-4-6-20(7-5-17)27-24(30)18-3-2-13-28(15-18)25(31)19-12-14-33-16-19/h4-12,14,16,18H,2-3,13,15H2,1H3,(H,26,29)(H,27,30)/t18-/m0/s1. The molecule has 3 amide bonds. The zero-order valence-electron chi connectivity index (χ0n) is 18.2. The number of furan rings is 1. The highest BCUT2D eigenvalue weighted by molar-refractivity contribution is 6.04. The van der Waals surface area contributed by atoms with E-state index in [2.05, 4.69) is 10.6 Å². The topological polar surface area (TPSA) is 101 Å². The van der Waals surface area contributed by atoms with Crippen molar-refractivity contribution in [3.63, 3.8) is 0 Å². The van der Waals surface area contributed by atoms with Crippen LogP contribution in [0.1, 0.15) is 33.6 Å². The second kappa shape index (κ2) is 10.0. The van der Waals surface area contributed by atoms with Crippen LogP contribution < -0.4 is 15.4 Å². The Bertz CT molecular complexity index is 1110. The number of likely N-dealkylation sites (tertiary alicyclic amines) is 1. The summed E-state index contributed by atoms with van der Waals surface area (Å²) in [5.41, 5.74) is 2.21. The lowest BCUT2D eigenvalue weighted by Gasteiger charge is -2.31. The van der Waals surface area contributed by atoms with Crippen molar-refractivity contribution in [2.24, 2.45) is 5.92 Å². The van der Waals surface area contributed by atoms with Gasteiger partial charge >= 0.3 is 0 Å². The van der Waals surface area contributed by atoms with Crippen LogP contribution in [-0.4, -0.2) is 42.8 Å². The number of methoxy groups -OCH3 is 1. The van der Waals surface area contributed by atoms with Crippen LogP contribution in [0, 0.1) is 5.92 Å². The fourth-order valence-corrected chi connectivity index (χ4v) is 3.77. The number of rotatable bonds is 6. The van der Waals surface area contributed by atoms with Crippen LogP contribution >= 0.6 is 0 Å². The molecule has 1 aromatic heterocycles. The Kier molecular flexibility index (Phi) is 6.73. The molecule has 1 saturated heterocycles. The lowest BCUT2D eigenvalue weighted by atomic mass is 9.96. The first-order chi connectivity index (χ1) is 16.0. The van der Waals surface area contributed by atoms with Crippen LogP contribution in [0.15, 0.2) is 71.5 Å². The zero-order chi connectivity index (χ0) is 23.2. The molecular formula is C25H25N3O5. The summed E-state index contributed by atoms with van der Waals surface area (Å²) in [6, 6.07) is 15.4. The van der Waals surface area contributed by atoms with Crippen LogP contribution in [0.4, 0.5) is 11.4 Å². The van der Waals surface area contributed by atoms with Crippen molar-refractivity contribution in [2.45, 2.75) is 12.8 Å². The summed E-state index contributed by atoms with van der Waals surface area (Å²) in [6.45, 7) is 0.976. The summed E-state index contributed by atoms with van der Waals surface area (Å²) in [7, 11) is 1.58. The van der Waals surface area contributed by atoms with Gasteiger partial charge in [-0.1, -0.05) is 0 Å². The number of nitrogens with one attached hydrogen (secondary N) is 2. The minimum Gasteiger partial charge on any atom is -0.497 e. The van der Waals surface area contributed by atoms with Gasteiger partial charge in [-0.05, 0) is 67.4 Å². The number of nitrogens with zero attached hydrogens (tertiary/aromatic N) is 1. The molecule has 0 aliphatic carbocycles. The average Bonchev–Trinajstić information content (AvgIpc) is 3.39. The maximum Gasteiger partial charge on any atom is 0.257 e. The fourth-order valence-electron chi connectivity index (χ4n) is 3.77. The van der Waals surface area contributed by atoms with E-state index < -0.39 is 0 Å². The van der Waals surface area contributed by atoms with Gasteiger partial charge in [0, 0.05) is 30.0 Å². The molecule has 33 heavy (non-hydrogen) atoms. The number of benzene rings is 2. The van der Waals surface area contributed by atoms with Crippen molar-refractivity contribution in [3.05, 3.63) is 78.3 Å². The highest BCUT2D eigenvalue weighted by atomic mass is 16.5. The first-order valence-electron chi connectivity index (χ1n) is 10.7. The van der Waals surface area contributed by atoms with Crippen molar-refractivity contribution >= 4 is 29.1 Å². The van der Waals surface area contributed by atoms with E-state index >= 15 is 0 Å². The Morgan fingerprint density at radius 2 is 1.64 bits per heavy atom. The quantitative estimate of drug-likeness (QED) is 0.594. The molecule has 1 atom stereocenters. The third-order valence-electron chi connectivity index (χ3n) is 5.61. The Morgan fingerprint density at radius 1 is 0.939 bits per heavy atom. The highest BCUT2D eigenvalue weighted by Crippen LogP contribution is 2.21. The summed E-state index contributed by atoms with van der Waals surface area (Å²) in [6.07, 6.45) is 4.34. The largest absolute Gasteiger partial charge is 0.497 e. The van der Waals surface area contributed by atoms with Gasteiger partial charge in [-0.3, -0.25) is 14.4 Å². The van der Waals surface area contributed by atoms with Crippen molar-refractivity contribution in [1.82, 2.24) is 4.90 Å². The number of anilines is 2. The van der Waals surface area contributed by atoms with E-state index in [1.807, 2.05) is 0 Å². The molecular weight excluding hydrogens is 422 g/mol. The van der Waals surface area contributed by atoms with E-state index in [4.69, 9.17) is 9.15 Å². The minimum atomic E-state index is -0.298. The molecule has 0 bridgehead atoms. The third kappa shape index (κ3) is 5.41. The van der Waals surface area contributed by atoms with Gasteiger partial charge in [0.05, 0.1) is 24.9 Å². The van der Waals surface area contributed by atoms with Gasteiger partial charge in [-0.15, -0.1) is 0 Å². The van der Waals surface area contributed by atoms with Gasteiger partial charge in [0.1, 0.15) is 12.0 Å². The SMILES string of the molecule is COc1ccc(NC(=O)c2ccc(NC(=O)[C@H]3CCCN(C(=O)c4ccoc4)C3)cc2)cc1. The molecule has 1 fully saturated rings. The summed E-state index contributed by atoms with van der Waals surface area (Å²) in [4.78, 5) is 39.5. The first-order valence-corrected chi connectivity index (χ1v) is 10.7. The molecule has 8 heteroatoms. The lowest BCUT2D eigenvalue weighted by molar-refractivity contribution is -0.121. The number of ether oxygens (including phenoxy) is 1. The fraction of sp³-hybridized carbons (Fsp3) is 0.240. The van der Waals surface area contributed by atoms with Crippen LogP contribution in [0.25, 0.3) is 0 Å². The van der Waals surface area contributed by atoms with Crippen molar-refractivity contribution < 1.29 is 23.5 Å². The van der Waals surface area contributed by atoms with Crippen LogP contribution in [0.5, 0.6) is 5.75 Å². The Balaban J connectivity index is 1.32. The van der Waals surface area contributed by atoms with Crippen molar-refractivity contribution in [3.8, 4) is 5.75 Å². The van der Waals surface area contributed by atoms with Crippen LogP contribution in [0.2, 0.25) is 0 Å². The summed E-state index contributed by atoms with van der Waals surface area (Å²) in [5, 5.41) is 5.72. The van der Waals surface area contributed by atoms with Gasteiger partial charge < -0.3 is 24.7 Å². The predicted molar refractivity (Wildman–Crippen MR) is 123 cm³/mol. The summed E-state index contributed by atoms with van der Waals surface area (Å²) in [5.74, 6) is -0.116. The van der Waals surface area contributed by atoms with E-state index in [9.17, 15) is 14.4 Å². The molecule has 2 heterocycles. The average molecular weight is 447 g/mol. The molecule has 170 valence electrons. The second-order valence-electron chi connectivity index (χ2n) is 7.85. The van der Waals surface area contributed by atoms with Gasteiger partial charge in [0.25, 0.3) is 11.8 Å². The number of hydrogen-bond donors (Lipinski definition) is 2. The number of amides is 3. The predicted octanol–water partition coefficient (Wildman–Crippen LogP) is 4.03. The Hall–Kier alpha value is -4.07. The molecule has 0 spiro atoms. The van der Waals surface area contributed by atoms with Crippen molar-refractivity contribution in [1.29, 1.82) is 0 Å². The Labute approximate surface area is 191 Å². The number of piperidine rings is 1. The number of hydrogen-bond acceptors (Lipinski definition) is 5. The maximum absolute atomic E-state index is 12.8. The van der Waals surface area contributed by atoms with E-state index in [0.717, 1.165) is 6.42 Å². The van der Waals surface area contributed by atoms with E-state index in [1.54, 1.807) is 66.6 Å². The molecule has 8 nitrogen and oxygen atoms in total. The van der Waals surface area contributed by atoms with E-state index in [0.29, 0.717) is 47.8 Å². The molecule has 0 unspecified atom stereocenters. The van der Waals surface area contributed by atoms with Crippen LogP contribution in [-0.2, 0) is 4.79 Å². The second-order valence-corrected chi connectivity index (χ2v) is 7.85. The lowest BCUT2D eigenvalue weighted by Crippen LogP contribution is -2.43. The minimum absolute atomic E-state index is 0.131. The third-order valence-corrected chi connectivity index (χ3v) is 5.61. The van der Waals surface area contributed by atoms with Gasteiger partial charge in [0.15, 0.2) is 0 Å². The first kappa shape index (κ1) is 22.1. The van der Waals surface area contributed by atoms with Gasteiger partial charge in [-0.25, -0.2) is 0 Å². The zero-order valence-corrected chi connectivity index (χ0v) is 18.2. The normalized spacial score (nSPS) is 15.5. The Morgan fingerprint density at radius 3 is 2.30 bits per heavy atom. The smallest absolute Gasteiger partial charge is 0.257 e. The molecule has 2 N–H and O–H groups in total. The summed E-state index contributed by atoms with van der Waals surface area (Å²) >= 11 is 0. The van der Waals surface area contributed by atoms with E-state index in [1.165, 1.54) is 12.5 Å². The molecule has 2 aromatic carbocycles. The molecule has 1 aliphatic rings. The van der Waals surface area contributed by atoms with Gasteiger partial charge in [0.2, 0.25) is 5.91 Å². The van der Waals surface area contributed by atoms with E-state index in [-0.39, 0.29) is 23.6 Å². The number of carbonyl (C=O) groups is 3. The molecule has 3 aromatic rings. The molecule has 4 rings (SSSR count). The van der Waals surface area contributed by atoms with Gasteiger partial charge in [-0.2, -0.15) is 0 Å². The monoisotopic (exact) mass is 447 g/mol. The molecule has 0 radical (unpaired) electrons. The number of carbonyl (C=O) groups excluding carboxylic acids is 3. The highest BCUT2D eigenvalue weighted by Gasteiger charge is 2.29. The molecule has 1 aliphatic heterocycles. The van der Waals surface area contributed by atoms with Crippen LogP contribution in [0.3, 0.4) is 0 Å². The molecule has 0 saturated carbocycles.